The molecule has 1 saturated heterocycles. The summed E-state index contributed by atoms with van der Waals surface area (Å²) < 4.78 is 5.62. The van der Waals surface area contributed by atoms with Crippen LogP contribution in [0, 0.1) is 0 Å². The minimum atomic E-state index is -0.287. The molecule has 4 nitrogen and oxygen atoms in total. The van der Waals surface area contributed by atoms with Gasteiger partial charge >= 0.3 is 6.09 Å². The van der Waals surface area contributed by atoms with Crippen molar-refractivity contribution in [2.45, 2.75) is 62.9 Å². The number of carbonyl (C=O) groups is 1. The van der Waals surface area contributed by atoms with Gasteiger partial charge in [-0.15, -0.1) is 12.4 Å². The minimum Gasteiger partial charge on any atom is -0.410 e. The molecule has 0 spiro atoms. The Labute approximate surface area is 156 Å². The van der Waals surface area contributed by atoms with Crippen molar-refractivity contribution >= 4 is 18.5 Å². The quantitative estimate of drug-likeness (QED) is 0.787. The van der Waals surface area contributed by atoms with Crippen molar-refractivity contribution in [2.75, 3.05) is 20.6 Å². The molecule has 0 unspecified atom stereocenters. The van der Waals surface area contributed by atoms with Crippen molar-refractivity contribution < 1.29 is 9.53 Å². The molecule has 138 valence electrons. The van der Waals surface area contributed by atoms with Crippen LogP contribution in [-0.2, 0) is 6.42 Å². The molecule has 3 aliphatic rings. The number of hydrogen-bond acceptors (Lipinski definition) is 3. The second-order valence-electron chi connectivity index (χ2n) is 7.76. The molecule has 1 aromatic rings. The molecule has 25 heavy (non-hydrogen) atoms. The summed E-state index contributed by atoms with van der Waals surface area (Å²) in [6.45, 7) is 1.24. The Morgan fingerprint density at radius 3 is 2.64 bits per heavy atom. The summed E-state index contributed by atoms with van der Waals surface area (Å²) in [7, 11) is 3.45. The Hall–Kier alpha value is -1.26. The molecule has 2 aliphatic carbocycles. The SMILES string of the molecule is CN(C)C(=O)Oc1cccc2c1CC[C@@H]1[C@H]2CCN1C1CCCC1.Cl. The Morgan fingerprint density at radius 2 is 1.92 bits per heavy atom. The summed E-state index contributed by atoms with van der Waals surface area (Å²) in [5.74, 6) is 1.39. The van der Waals surface area contributed by atoms with E-state index in [1.54, 1.807) is 14.1 Å². The van der Waals surface area contributed by atoms with Crippen molar-refractivity contribution in [3.05, 3.63) is 29.3 Å². The smallest absolute Gasteiger partial charge is 0.410 e. The molecule has 2 atom stereocenters. The number of nitrogens with zero attached hydrogens (tertiary/aromatic N) is 2. The molecule has 0 N–H and O–H groups in total. The summed E-state index contributed by atoms with van der Waals surface area (Å²) in [6, 6.07) is 7.77. The average molecular weight is 365 g/mol. The summed E-state index contributed by atoms with van der Waals surface area (Å²) in [4.78, 5) is 16.2. The van der Waals surface area contributed by atoms with Gasteiger partial charge in [-0.1, -0.05) is 25.0 Å². The van der Waals surface area contributed by atoms with Gasteiger partial charge in [0.25, 0.3) is 0 Å². The fraction of sp³-hybridized carbons (Fsp3) is 0.650. The van der Waals surface area contributed by atoms with Crippen LogP contribution >= 0.6 is 12.4 Å². The number of carbonyl (C=O) groups excluding carboxylic acids is 1. The zero-order chi connectivity index (χ0) is 16.7. The fourth-order valence-electron chi connectivity index (χ4n) is 5.07. The second-order valence-corrected chi connectivity index (χ2v) is 7.76. The van der Waals surface area contributed by atoms with Gasteiger partial charge in [0.15, 0.2) is 0 Å². The molecule has 0 bridgehead atoms. The van der Waals surface area contributed by atoms with Crippen molar-refractivity contribution in [1.82, 2.24) is 9.80 Å². The van der Waals surface area contributed by atoms with E-state index in [0.717, 1.165) is 18.2 Å². The third-order valence-electron chi connectivity index (χ3n) is 6.20. The van der Waals surface area contributed by atoms with Crippen LogP contribution in [0.15, 0.2) is 18.2 Å². The van der Waals surface area contributed by atoms with E-state index in [9.17, 15) is 4.79 Å². The number of amides is 1. The molecule has 1 aromatic carbocycles. The first-order chi connectivity index (χ1) is 11.6. The standard InChI is InChI=1S/C20H28N2O2.ClH/c1-21(2)20(23)24-19-9-5-8-15-16-12-13-22(14-6-3-4-7-14)18(16)11-10-17(15)19;/h5,8-9,14,16,18H,3-4,6-7,10-13H2,1-2H3;1H/t16-,18+;/m0./s1. The van der Waals surface area contributed by atoms with Crippen LogP contribution in [0.5, 0.6) is 5.75 Å². The zero-order valence-corrected chi connectivity index (χ0v) is 16.1. The van der Waals surface area contributed by atoms with Gasteiger partial charge < -0.3 is 9.64 Å². The zero-order valence-electron chi connectivity index (χ0n) is 15.2. The maximum Gasteiger partial charge on any atom is 0.414 e. The topological polar surface area (TPSA) is 32.8 Å². The molecule has 2 fully saturated rings. The molecular formula is C20H29ClN2O2. The molecule has 0 aromatic heterocycles. The molecule has 1 aliphatic heterocycles. The largest absolute Gasteiger partial charge is 0.414 e. The van der Waals surface area contributed by atoms with Crippen LogP contribution in [-0.4, -0.2) is 48.6 Å². The summed E-state index contributed by atoms with van der Waals surface area (Å²) in [5.41, 5.74) is 2.69. The third-order valence-corrected chi connectivity index (χ3v) is 6.20. The first kappa shape index (κ1) is 18.5. The predicted molar refractivity (Wildman–Crippen MR) is 102 cm³/mol. The highest BCUT2D eigenvalue weighted by Crippen LogP contribution is 2.46. The van der Waals surface area contributed by atoms with Crippen LogP contribution in [0.2, 0.25) is 0 Å². The van der Waals surface area contributed by atoms with Crippen LogP contribution in [0.1, 0.15) is 55.6 Å². The van der Waals surface area contributed by atoms with Gasteiger partial charge in [0.05, 0.1) is 0 Å². The summed E-state index contributed by atoms with van der Waals surface area (Å²) >= 11 is 0. The number of ether oxygens (including phenoxy) is 1. The van der Waals surface area contributed by atoms with Crippen LogP contribution in [0.3, 0.4) is 0 Å². The molecule has 1 saturated carbocycles. The summed E-state index contributed by atoms with van der Waals surface area (Å²) in [6.07, 6.45) is 8.76. The number of benzene rings is 1. The molecule has 0 radical (unpaired) electrons. The van der Waals surface area contributed by atoms with Gasteiger partial charge in [-0.3, -0.25) is 4.90 Å². The first-order valence-electron chi connectivity index (χ1n) is 9.42. The number of hydrogen-bond donors (Lipinski definition) is 0. The molecule has 4 rings (SSSR count). The molecular weight excluding hydrogens is 336 g/mol. The first-order valence-corrected chi connectivity index (χ1v) is 9.42. The number of halogens is 1. The normalized spacial score (nSPS) is 25.8. The highest BCUT2D eigenvalue weighted by atomic mass is 35.5. The third kappa shape index (κ3) is 3.39. The highest BCUT2D eigenvalue weighted by Gasteiger charge is 2.42. The van der Waals surface area contributed by atoms with E-state index in [-0.39, 0.29) is 18.5 Å². The van der Waals surface area contributed by atoms with Crippen molar-refractivity contribution in [1.29, 1.82) is 0 Å². The van der Waals surface area contributed by atoms with Crippen molar-refractivity contribution in [2.24, 2.45) is 0 Å². The Balaban J connectivity index is 0.00000182. The lowest BCUT2D eigenvalue weighted by Crippen LogP contribution is -2.41. The lowest BCUT2D eigenvalue weighted by Gasteiger charge is -2.37. The molecule has 1 amide bonds. The van der Waals surface area contributed by atoms with Gasteiger partial charge in [-0.05, 0) is 55.8 Å². The fourth-order valence-corrected chi connectivity index (χ4v) is 5.07. The van der Waals surface area contributed by atoms with E-state index in [4.69, 9.17) is 4.74 Å². The maximum atomic E-state index is 11.9. The van der Waals surface area contributed by atoms with E-state index in [1.165, 1.54) is 61.1 Å². The minimum absolute atomic E-state index is 0. The van der Waals surface area contributed by atoms with Crippen molar-refractivity contribution in [3.8, 4) is 5.75 Å². The van der Waals surface area contributed by atoms with Crippen LogP contribution in [0.4, 0.5) is 4.79 Å². The molecule has 5 heteroatoms. The van der Waals surface area contributed by atoms with Gasteiger partial charge in [-0.2, -0.15) is 0 Å². The summed E-state index contributed by atoms with van der Waals surface area (Å²) in [5, 5.41) is 0. The second kappa shape index (κ2) is 7.55. The average Bonchev–Trinajstić information content (AvgIpc) is 3.23. The lowest BCUT2D eigenvalue weighted by atomic mass is 9.79. The lowest BCUT2D eigenvalue weighted by molar-refractivity contribution is 0.161. The van der Waals surface area contributed by atoms with Gasteiger partial charge in [0, 0.05) is 32.1 Å². The number of fused-ring (bicyclic) bond motifs is 3. The van der Waals surface area contributed by atoms with E-state index in [1.807, 2.05) is 6.07 Å². The van der Waals surface area contributed by atoms with Gasteiger partial charge in [-0.25, -0.2) is 4.79 Å². The van der Waals surface area contributed by atoms with E-state index in [2.05, 4.69) is 17.0 Å². The highest BCUT2D eigenvalue weighted by molar-refractivity contribution is 5.85. The number of likely N-dealkylation sites (tertiary alicyclic amines) is 1. The van der Waals surface area contributed by atoms with E-state index in [0.29, 0.717) is 12.0 Å². The monoisotopic (exact) mass is 364 g/mol. The molecule has 1 heterocycles. The number of rotatable bonds is 2. The van der Waals surface area contributed by atoms with Crippen LogP contribution < -0.4 is 4.74 Å². The Bertz CT molecular complexity index is 628. The Kier molecular flexibility index (Phi) is 5.59. The van der Waals surface area contributed by atoms with Crippen LogP contribution in [0.25, 0.3) is 0 Å². The van der Waals surface area contributed by atoms with E-state index < -0.39 is 0 Å². The predicted octanol–water partition coefficient (Wildman–Crippen LogP) is 4.22. The van der Waals surface area contributed by atoms with Crippen molar-refractivity contribution in [3.63, 3.8) is 0 Å². The maximum absolute atomic E-state index is 11.9. The Morgan fingerprint density at radius 1 is 1.16 bits per heavy atom. The van der Waals surface area contributed by atoms with Gasteiger partial charge in [0.2, 0.25) is 0 Å². The van der Waals surface area contributed by atoms with E-state index >= 15 is 0 Å². The van der Waals surface area contributed by atoms with Gasteiger partial charge in [0.1, 0.15) is 5.75 Å².